The lowest BCUT2D eigenvalue weighted by atomic mass is 10.1. The molecule has 0 spiro atoms. The van der Waals surface area contributed by atoms with E-state index in [4.69, 9.17) is 26.4 Å². The van der Waals surface area contributed by atoms with Crippen molar-refractivity contribution in [3.63, 3.8) is 0 Å². The summed E-state index contributed by atoms with van der Waals surface area (Å²) in [6.07, 6.45) is -0.579. The smallest absolute Gasteiger partial charge is 0.407 e. The number of alkyl carbamates (subject to hydrolysis) is 1. The molecule has 1 aliphatic heterocycles. The SMILES string of the molecule is CN(C)c1cc(F)cc(NC(=S)Nc2c(Br)ccc3c2OCCO3)c1CNC(=O)OC(C)(C)C. The summed E-state index contributed by atoms with van der Waals surface area (Å²) in [6, 6.07) is 6.34. The van der Waals surface area contributed by atoms with Gasteiger partial charge in [0.15, 0.2) is 16.6 Å². The molecular formula is C23H28BrFN4O4S. The number of carbonyl (C=O) groups is 1. The van der Waals surface area contributed by atoms with Crippen molar-refractivity contribution < 1.29 is 23.4 Å². The highest BCUT2D eigenvalue weighted by atomic mass is 79.9. The van der Waals surface area contributed by atoms with Gasteiger partial charge in [0.2, 0.25) is 0 Å². The van der Waals surface area contributed by atoms with Crippen molar-refractivity contribution in [1.82, 2.24) is 5.32 Å². The van der Waals surface area contributed by atoms with Gasteiger partial charge in [0.1, 0.15) is 30.3 Å². The first kappa shape index (κ1) is 25.8. The Morgan fingerprint density at radius 3 is 2.59 bits per heavy atom. The summed E-state index contributed by atoms with van der Waals surface area (Å²) >= 11 is 9.01. The lowest BCUT2D eigenvalue weighted by Gasteiger charge is -2.25. The molecule has 3 N–H and O–H groups in total. The Morgan fingerprint density at radius 1 is 1.21 bits per heavy atom. The summed E-state index contributed by atoms with van der Waals surface area (Å²) < 4.78 is 31.9. The van der Waals surface area contributed by atoms with E-state index >= 15 is 0 Å². The first-order valence-corrected chi connectivity index (χ1v) is 11.8. The van der Waals surface area contributed by atoms with Crippen LogP contribution in [0.4, 0.5) is 26.2 Å². The second-order valence-electron chi connectivity index (χ2n) is 8.73. The molecule has 2 aromatic carbocycles. The van der Waals surface area contributed by atoms with Crippen LogP contribution < -0.4 is 30.3 Å². The first-order valence-electron chi connectivity index (χ1n) is 10.6. The number of carbonyl (C=O) groups excluding carboxylic acids is 1. The summed E-state index contributed by atoms with van der Waals surface area (Å²) in [6.45, 7) is 6.30. The van der Waals surface area contributed by atoms with Crippen LogP contribution >= 0.6 is 28.1 Å². The van der Waals surface area contributed by atoms with E-state index in [0.29, 0.717) is 47.3 Å². The van der Waals surface area contributed by atoms with Gasteiger partial charge in [-0.15, -0.1) is 0 Å². The molecule has 0 radical (unpaired) electrons. The minimum atomic E-state index is -0.641. The molecule has 1 heterocycles. The van der Waals surface area contributed by atoms with Gasteiger partial charge in [-0.05, 0) is 73.2 Å². The molecule has 0 atom stereocenters. The van der Waals surface area contributed by atoms with E-state index in [1.807, 2.05) is 6.07 Å². The summed E-state index contributed by atoms with van der Waals surface area (Å²) in [5.74, 6) is 0.678. The van der Waals surface area contributed by atoms with Gasteiger partial charge in [-0.25, -0.2) is 9.18 Å². The predicted octanol–water partition coefficient (Wildman–Crippen LogP) is 5.26. The third kappa shape index (κ3) is 6.63. The fourth-order valence-corrected chi connectivity index (χ4v) is 3.89. The Hall–Kier alpha value is -2.79. The minimum Gasteiger partial charge on any atom is -0.486 e. The number of hydrogen-bond donors (Lipinski definition) is 3. The van der Waals surface area contributed by atoms with Gasteiger partial charge < -0.3 is 35.1 Å². The maximum atomic E-state index is 14.5. The summed E-state index contributed by atoms with van der Waals surface area (Å²) in [5.41, 5.74) is 1.56. The highest BCUT2D eigenvalue weighted by Gasteiger charge is 2.21. The van der Waals surface area contributed by atoms with Crippen LogP contribution in [0.1, 0.15) is 26.3 Å². The predicted molar refractivity (Wildman–Crippen MR) is 139 cm³/mol. The molecule has 0 fully saturated rings. The number of amides is 1. The number of nitrogens with one attached hydrogen (secondary N) is 3. The van der Waals surface area contributed by atoms with Crippen molar-refractivity contribution in [2.45, 2.75) is 32.9 Å². The lowest BCUT2D eigenvalue weighted by Crippen LogP contribution is -2.33. The molecule has 2 aromatic rings. The number of nitrogens with zero attached hydrogens (tertiary/aromatic N) is 1. The van der Waals surface area contributed by atoms with Crippen molar-refractivity contribution in [2.75, 3.05) is 42.8 Å². The normalized spacial score (nSPS) is 12.6. The summed E-state index contributed by atoms with van der Waals surface area (Å²) in [4.78, 5) is 14.0. The van der Waals surface area contributed by atoms with E-state index < -0.39 is 17.5 Å². The van der Waals surface area contributed by atoms with Crippen LogP contribution in [0.3, 0.4) is 0 Å². The quantitative estimate of drug-likeness (QED) is 0.431. The second-order valence-corrected chi connectivity index (χ2v) is 9.99. The maximum Gasteiger partial charge on any atom is 0.407 e. The molecule has 0 saturated heterocycles. The topological polar surface area (TPSA) is 84.1 Å². The molecule has 0 aliphatic carbocycles. The van der Waals surface area contributed by atoms with Crippen molar-refractivity contribution in [1.29, 1.82) is 0 Å². The van der Waals surface area contributed by atoms with Crippen LogP contribution in [0.25, 0.3) is 0 Å². The fraction of sp³-hybridized carbons (Fsp3) is 0.391. The number of rotatable bonds is 5. The Bertz CT molecular complexity index is 1090. The Labute approximate surface area is 212 Å². The molecule has 3 rings (SSSR count). The Kier molecular flexibility index (Phi) is 8.09. The van der Waals surface area contributed by atoms with E-state index in [1.165, 1.54) is 12.1 Å². The molecule has 0 saturated carbocycles. The molecule has 184 valence electrons. The Morgan fingerprint density at radius 2 is 1.91 bits per heavy atom. The number of anilines is 3. The Balaban J connectivity index is 1.85. The van der Waals surface area contributed by atoms with Crippen LogP contribution in [0.15, 0.2) is 28.7 Å². The zero-order chi connectivity index (χ0) is 25.0. The van der Waals surface area contributed by atoms with Crippen LogP contribution in [0.5, 0.6) is 11.5 Å². The van der Waals surface area contributed by atoms with E-state index in [2.05, 4.69) is 31.9 Å². The fourth-order valence-electron chi connectivity index (χ4n) is 3.27. The van der Waals surface area contributed by atoms with Crippen molar-refractivity contribution in [3.05, 3.63) is 40.1 Å². The number of benzene rings is 2. The minimum absolute atomic E-state index is 0.0923. The van der Waals surface area contributed by atoms with Gasteiger partial charge in [-0.3, -0.25) is 0 Å². The van der Waals surface area contributed by atoms with E-state index in [-0.39, 0.29) is 11.7 Å². The standard InChI is InChI=1S/C23H28BrFN4O4S/c1-23(2,3)33-22(30)26-12-14-16(10-13(25)11-17(14)29(4)5)27-21(34)28-19-15(24)6-7-18-20(19)32-9-8-31-18/h6-7,10-11H,8-9,12H2,1-5H3,(H,26,30)(H2,27,28,34). The van der Waals surface area contributed by atoms with E-state index in [9.17, 15) is 9.18 Å². The average molecular weight is 555 g/mol. The lowest BCUT2D eigenvalue weighted by molar-refractivity contribution is 0.0524. The van der Waals surface area contributed by atoms with Gasteiger partial charge >= 0.3 is 6.09 Å². The highest BCUT2D eigenvalue weighted by Crippen LogP contribution is 2.42. The van der Waals surface area contributed by atoms with E-state index in [1.54, 1.807) is 45.8 Å². The van der Waals surface area contributed by atoms with Gasteiger partial charge in [-0.2, -0.15) is 0 Å². The van der Waals surface area contributed by atoms with Gasteiger partial charge in [0.05, 0.1) is 12.2 Å². The highest BCUT2D eigenvalue weighted by molar-refractivity contribution is 9.10. The van der Waals surface area contributed by atoms with Gasteiger partial charge in [-0.1, -0.05) is 0 Å². The number of ether oxygens (including phenoxy) is 3. The number of hydrogen-bond acceptors (Lipinski definition) is 6. The number of fused-ring (bicyclic) bond motifs is 1. The molecular weight excluding hydrogens is 527 g/mol. The third-order valence-corrected chi connectivity index (χ3v) is 5.49. The van der Waals surface area contributed by atoms with Crippen molar-refractivity contribution >= 4 is 56.4 Å². The zero-order valence-electron chi connectivity index (χ0n) is 19.7. The number of thiocarbonyl (C=S) groups is 1. The number of halogens is 2. The average Bonchev–Trinajstić information content (AvgIpc) is 2.73. The molecule has 11 heteroatoms. The largest absolute Gasteiger partial charge is 0.486 e. The second kappa shape index (κ2) is 10.6. The molecule has 1 aliphatic rings. The molecule has 8 nitrogen and oxygen atoms in total. The molecule has 0 aromatic heterocycles. The van der Waals surface area contributed by atoms with Gasteiger partial charge in [0.25, 0.3) is 0 Å². The van der Waals surface area contributed by atoms with Crippen LogP contribution in [0, 0.1) is 5.82 Å². The van der Waals surface area contributed by atoms with Gasteiger partial charge in [0, 0.05) is 29.8 Å². The van der Waals surface area contributed by atoms with Crippen LogP contribution in [0.2, 0.25) is 0 Å². The van der Waals surface area contributed by atoms with Crippen molar-refractivity contribution in [2.24, 2.45) is 0 Å². The van der Waals surface area contributed by atoms with E-state index in [0.717, 1.165) is 4.47 Å². The summed E-state index contributed by atoms with van der Waals surface area (Å²) in [5, 5.41) is 9.08. The molecule has 34 heavy (non-hydrogen) atoms. The maximum absolute atomic E-state index is 14.5. The monoisotopic (exact) mass is 554 g/mol. The summed E-state index contributed by atoms with van der Waals surface area (Å²) in [7, 11) is 3.58. The zero-order valence-corrected chi connectivity index (χ0v) is 22.1. The molecule has 0 unspecified atom stereocenters. The third-order valence-electron chi connectivity index (χ3n) is 4.63. The molecule has 1 amide bonds. The molecule has 0 bridgehead atoms. The van der Waals surface area contributed by atoms with Crippen LogP contribution in [-0.4, -0.2) is 44.1 Å². The van der Waals surface area contributed by atoms with Crippen molar-refractivity contribution in [3.8, 4) is 11.5 Å². The van der Waals surface area contributed by atoms with Crippen LogP contribution in [-0.2, 0) is 11.3 Å². The first-order chi connectivity index (χ1) is 15.9.